The molecular weight excluding hydrogens is 504 g/mol. The summed E-state index contributed by atoms with van der Waals surface area (Å²) < 4.78 is 37.8. The number of pyridine rings is 1. The summed E-state index contributed by atoms with van der Waals surface area (Å²) in [6.45, 7) is 4.93. The quantitative estimate of drug-likeness (QED) is 0.455. The second-order valence-electron chi connectivity index (χ2n) is 8.96. The van der Waals surface area contributed by atoms with Crippen LogP contribution >= 0.6 is 0 Å². The number of piperidine rings is 1. The first kappa shape index (κ1) is 30.6. The fourth-order valence-electron chi connectivity index (χ4n) is 4.86. The second-order valence-corrected chi connectivity index (χ2v) is 8.96. The van der Waals surface area contributed by atoms with Crippen molar-refractivity contribution in [2.45, 2.75) is 39.0 Å². The van der Waals surface area contributed by atoms with Crippen LogP contribution in [0.4, 0.5) is 8.78 Å². The van der Waals surface area contributed by atoms with Crippen LogP contribution < -0.4 is 10.1 Å². The van der Waals surface area contributed by atoms with E-state index in [0.717, 1.165) is 43.2 Å². The Bertz CT molecular complexity index is 1050. The maximum atomic E-state index is 13.3. The summed E-state index contributed by atoms with van der Waals surface area (Å²) in [6.07, 6.45) is 2.98. The number of nitrogens with zero attached hydrogens (tertiary/aromatic N) is 2. The molecule has 2 aromatic rings. The van der Waals surface area contributed by atoms with Crippen LogP contribution in [0, 0.1) is 30.4 Å². The number of ether oxygens (including phenoxy) is 2. The van der Waals surface area contributed by atoms with E-state index in [1.54, 1.807) is 7.11 Å². The first-order valence-electron chi connectivity index (χ1n) is 11.9. The molecule has 2 fully saturated rings. The predicted molar refractivity (Wildman–Crippen MR) is 132 cm³/mol. The Morgan fingerprint density at radius 2 is 1.84 bits per heavy atom. The van der Waals surface area contributed by atoms with Crippen LogP contribution in [0.1, 0.15) is 29.5 Å². The van der Waals surface area contributed by atoms with Gasteiger partial charge in [0, 0.05) is 43.4 Å². The molecule has 0 radical (unpaired) electrons. The number of aryl methyl sites for hydroxylation is 1. The molecule has 3 heterocycles. The van der Waals surface area contributed by atoms with Crippen LogP contribution in [0.5, 0.6) is 5.88 Å². The zero-order chi connectivity index (χ0) is 28.1. The number of aromatic nitrogens is 1. The molecule has 2 saturated heterocycles. The van der Waals surface area contributed by atoms with Gasteiger partial charge in [-0.2, -0.15) is 0 Å². The minimum Gasteiger partial charge on any atom is -0.483 e. The lowest BCUT2D eigenvalue weighted by atomic mass is 9.83. The Morgan fingerprint density at radius 1 is 1.18 bits per heavy atom. The van der Waals surface area contributed by atoms with E-state index < -0.39 is 11.6 Å². The molecule has 1 amide bonds. The maximum Gasteiger partial charge on any atom is 0.290 e. The molecule has 4 rings (SSSR count). The molecule has 0 bridgehead atoms. The lowest BCUT2D eigenvalue weighted by Crippen LogP contribution is -2.41. The summed E-state index contributed by atoms with van der Waals surface area (Å²) in [7, 11) is 1.62. The van der Waals surface area contributed by atoms with Gasteiger partial charge in [-0.3, -0.25) is 19.3 Å². The molecule has 0 aliphatic carbocycles. The average molecular weight is 538 g/mol. The molecule has 1 aromatic carbocycles. The third kappa shape index (κ3) is 9.34. The Hall–Kier alpha value is -3.64. The number of hydrogen-bond donors (Lipinski definition) is 3. The number of halogens is 2. The number of likely N-dealkylation sites (tertiary alicyclic amines) is 1. The van der Waals surface area contributed by atoms with Crippen molar-refractivity contribution in [1.82, 2.24) is 15.2 Å². The van der Waals surface area contributed by atoms with Gasteiger partial charge in [-0.15, -0.1) is 0 Å². The smallest absolute Gasteiger partial charge is 0.290 e. The van der Waals surface area contributed by atoms with Crippen LogP contribution in [-0.4, -0.2) is 71.9 Å². The van der Waals surface area contributed by atoms with Gasteiger partial charge in [0.1, 0.15) is 11.6 Å². The number of benzene rings is 1. The van der Waals surface area contributed by atoms with Gasteiger partial charge in [-0.1, -0.05) is 0 Å². The highest BCUT2D eigenvalue weighted by Crippen LogP contribution is 2.36. The average Bonchev–Trinajstić information content (AvgIpc) is 3.25. The highest BCUT2D eigenvalue weighted by Gasteiger charge is 2.41. The number of amides is 1. The summed E-state index contributed by atoms with van der Waals surface area (Å²) >= 11 is 0. The minimum atomic E-state index is -0.649. The number of rotatable bonds is 7. The minimum absolute atomic E-state index is 0.0947. The van der Waals surface area contributed by atoms with Crippen LogP contribution in [0.15, 0.2) is 30.5 Å². The lowest BCUT2D eigenvalue weighted by molar-refractivity contribution is -0.124. The Morgan fingerprint density at radius 3 is 2.45 bits per heavy atom. The van der Waals surface area contributed by atoms with Crippen LogP contribution in [0.25, 0.3) is 0 Å². The summed E-state index contributed by atoms with van der Waals surface area (Å²) in [5.74, 6) is -0.0690. The first-order valence-corrected chi connectivity index (χ1v) is 11.9. The van der Waals surface area contributed by atoms with E-state index in [4.69, 9.17) is 29.3 Å². The highest BCUT2D eigenvalue weighted by molar-refractivity contribution is 5.76. The van der Waals surface area contributed by atoms with Gasteiger partial charge in [0.25, 0.3) is 12.9 Å². The van der Waals surface area contributed by atoms with Gasteiger partial charge < -0.3 is 25.0 Å². The zero-order valence-electron chi connectivity index (χ0n) is 21.3. The third-order valence-electron chi connectivity index (χ3n) is 6.36. The summed E-state index contributed by atoms with van der Waals surface area (Å²) in [5, 5.41) is 16.5. The molecule has 38 heavy (non-hydrogen) atoms. The number of methoxy groups -OCH3 is 1. The number of fused-ring (bicyclic) bond motifs is 1. The van der Waals surface area contributed by atoms with E-state index in [0.29, 0.717) is 29.9 Å². The molecule has 2 aliphatic heterocycles. The normalized spacial score (nSPS) is 20.1. The van der Waals surface area contributed by atoms with E-state index in [1.807, 2.05) is 13.1 Å². The SMILES string of the molecule is COc1ncc(CN2CC[C@@H]3[C@@H](CO[C@H]3CC(=O)NCc3cc(F)cc(F)c3)C2)cc1C.O=CO.O=CO. The highest BCUT2D eigenvalue weighted by atomic mass is 19.1. The molecule has 3 N–H and O–H groups in total. The van der Waals surface area contributed by atoms with Crippen LogP contribution in [0.2, 0.25) is 0 Å². The topological polar surface area (TPSA) is 138 Å². The van der Waals surface area contributed by atoms with E-state index in [-0.39, 0.29) is 37.9 Å². The lowest BCUT2D eigenvalue weighted by Gasteiger charge is -2.35. The summed E-state index contributed by atoms with van der Waals surface area (Å²) in [5.41, 5.74) is 2.58. The molecular formula is C26H33F2N3O7. The number of carboxylic acid groups (broad SMARTS) is 2. The number of carbonyl (C=O) groups is 3. The molecule has 2 aliphatic rings. The van der Waals surface area contributed by atoms with Crippen molar-refractivity contribution >= 4 is 18.9 Å². The van der Waals surface area contributed by atoms with Crippen LogP contribution in [0.3, 0.4) is 0 Å². The number of hydrogen-bond acceptors (Lipinski definition) is 7. The van der Waals surface area contributed by atoms with Gasteiger partial charge in [0.05, 0.1) is 26.2 Å². The molecule has 3 atom stereocenters. The standard InChI is InChI=1S/C24H29F2N3O3.2CH2O2/c1-15-5-17(11-28-24(15)31-2)12-29-4-3-21-18(13-29)14-32-22(21)9-23(30)27-10-16-6-19(25)8-20(26)7-16;2*2-1-3/h5-8,11,18,21-22H,3-4,9-10,12-14H2,1-2H3,(H,27,30);2*1H,(H,2,3)/t18-,21-,22+;;/m1../s1. The van der Waals surface area contributed by atoms with Gasteiger partial charge in [0.2, 0.25) is 11.8 Å². The van der Waals surface area contributed by atoms with Crippen molar-refractivity contribution in [2.24, 2.45) is 11.8 Å². The fraction of sp³-hybridized carbons (Fsp3) is 0.462. The van der Waals surface area contributed by atoms with Crippen molar-refractivity contribution in [3.8, 4) is 5.88 Å². The Kier molecular flexibility index (Phi) is 12.5. The molecule has 12 heteroatoms. The van der Waals surface area contributed by atoms with E-state index in [2.05, 4.69) is 21.3 Å². The van der Waals surface area contributed by atoms with Gasteiger partial charge in [0.15, 0.2) is 0 Å². The van der Waals surface area contributed by atoms with E-state index >= 15 is 0 Å². The van der Waals surface area contributed by atoms with Crippen molar-refractivity contribution in [2.75, 3.05) is 26.8 Å². The molecule has 208 valence electrons. The molecule has 0 unspecified atom stereocenters. The zero-order valence-corrected chi connectivity index (χ0v) is 21.3. The van der Waals surface area contributed by atoms with Crippen molar-refractivity contribution in [3.05, 3.63) is 58.8 Å². The Balaban J connectivity index is 0.000000773. The van der Waals surface area contributed by atoms with Crippen molar-refractivity contribution in [3.63, 3.8) is 0 Å². The van der Waals surface area contributed by atoms with Gasteiger partial charge in [-0.25, -0.2) is 13.8 Å². The summed E-state index contributed by atoms with van der Waals surface area (Å²) in [6, 6.07) is 5.37. The van der Waals surface area contributed by atoms with Gasteiger partial charge >= 0.3 is 0 Å². The molecule has 10 nitrogen and oxygen atoms in total. The molecule has 0 saturated carbocycles. The maximum absolute atomic E-state index is 13.3. The fourth-order valence-corrected chi connectivity index (χ4v) is 4.86. The van der Waals surface area contributed by atoms with Crippen molar-refractivity contribution in [1.29, 1.82) is 0 Å². The molecule has 0 spiro atoms. The number of carbonyl (C=O) groups excluding carboxylic acids is 1. The summed E-state index contributed by atoms with van der Waals surface area (Å²) in [4.78, 5) is 35.9. The van der Waals surface area contributed by atoms with Crippen molar-refractivity contribution < 1.29 is 42.9 Å². The largest absolute Gasteiger partial charge is 0.483 e. The first-order chi connectivity index (χ1) is 18.2. The Labute approximate surface area is 219 Å². The monoisotopic (exact) mass is 537 g/mol. The predicted octanol–water partition coefficient (Wildman–Crippen LogP) is 2.62. The number of nitrogens with one attached hydrogen (secondary N) is 1. The van der Waals surface area contributed by atoms with E-state index in [9.17, 15) is 13.6 Å². The van der Waals surface area contributed by atoms with Crippen LogP contribution in [-0.2, 0) is 32.2 Å². The molecule has 1 aromatic heterocycles. The van der Waals surface area contributed by atoms with E-state index in [1.165, 1.54) is 12.1 Å². The van der Waals surface area contributed by atoms with Gasteiger partial charge in [-0.05, 0) is 55.1 Å². The second kappa shape index (κ2) is 15.6. The third-order valence-corrected chi connectivity index (χ3v) is 6.36.